The van der Waals surface area contributed by atoms with E-state index in [1.807, 2.05) is 12.1 Å². The highest BCUT2D eigenvalue weighted by Gasteiger charge is 2.27. The first-order valence-electron chi connectivity index (χ1n) is 6.35. The van der Waals surface area contributed by atoms with Crippen molar-refractivity contribution in [2.24, 2.45) is 5.14 Å². The summed E-state index contributed by atoms with van der Waals surface area (Å²) >= 11 is 6.13. The number of fused-ring (bicyclic) bond motifs is 1. The van der Waals surface area contributed by atoms with Gasteiger partial charge < -0.3 is 0 Å². The topological polar surface area (TPSA) is 92.1 Å². The Morgan fingerprint density at radius 2 is 2.05 bits per heavy atom. The molecule has 0 unspecified atom stereocenters. The largest absolute Gasteiger partial charge is 0.278 e. The molecule has 20 heavy (non-hydrogen) atoms. The lowest BCUT2D eigenvalue weighted by Crippen LogP contribution is -2.41. The number of hydrogen-bond acceptors (Lipinski definition) is 3. The number of benzene rings is 1. The molecule has 1 aliphatic rings. The Bertz CT molecular complexity index is 735. The van der Waals surface area contributed by atoms with Crippen molar-refractivity contribution in [2.45, 2.75) is 18.8 Å². The molecule has 0 atom stereocenters. The second-order valence-electron chi connectivity index (χ2n) is 5.04. The third-order valence-corrected chi connectivity index (χ3v) is 5.11. The van der Waals surface area contributed by atoms with E-state index in [2.05, 4.69) is 10.2 Å². The monoisotopic (exact) mass is 314 g/mol. The SMILES string of the molecule is NS(=O)(=O)N1CCC(c2cc(Cl)cc3[nH]ncc23)CC1. The minimum Gasteiger partial charge on any atom is -0.278 e. The summed E-state index contributed by atoms with van der Waals surface area (Å²) in [5.41, 5.74) is 2.02. The molecule has 0 amide bonds. The maximum atomic E-state index is 11.3. The zero-order chi connectivity index (χ0) is 14.3. The van der Waals surface area contributed by atoms with Crippen LogP contribution >= 0.6 is 11.6 Å². The van der Waals surface area contributed by atoms with Crippen LogP contribution < -0.4 is 5.14 Å². The average Bonchev–Trinajstić information content (AvgIpc) is 2.85. The predicted octanol–water partition coefficient (Wildman–Crippen LogP) is 1.60. The van der Waals surface area contributed by atoms with Crippen LogP contribution in [-0.4, -0.2) is 36.0 Å². The van der Waals surface area contributed by atoms with Gasteiger partial charge in [0, 0.05) is 23.5 Å². The van der Waals surface area contributed by atoms with Crippen molar-refractivity contribution in [2.75, 3.05) is 13.1 Å². The fourth-order valence-electron chi connectivity index (χ4n) is 2.80. The van der Waals surface area contributed by atoms with Gasteiger partial charge >= 0.3 is 0 Å². The summed E-state index contributed by atoms with van der Waals surface area (Å²) in [6.45, 7) is 0.880. The van der Waals surface area contributed by atoms with E-state index in [4.69, 9.17) is 16.7 Å². The summed E-state index contributed by atoms with van der Waals surface area (Å²) in [6.07, 6.45) is 3.25. The van der Waals surface area contributed by atoms with E-state index in [9.17, 15) is 8.42 Å². The summed E-state index contributed by atoms with van der Waals surface area (Å²) in [7, 11) is -3.58. The molecule has 6 nitrogen and oxygen atoms in total. The second kappa shape index (κ2) is 5.00. The molecule has 108 valence electrons. The third kappa shape index (κ3) is 2.54. The van der Waals surface area contributed by atoms with Crippen LogP contribution in [0.25, 0.3) is 10.9 Å². The molecule has 3 rings (SSSR count). The molecule has 0 aliphatic carbocycles. The second-order valence-corrected chi connectivity index (χ2v) is 7.03. The molecule has 0 spiro atoms. The van der Waals surface area contributed by atoms with Crippen LogP contribution in [0.3, 0.4) is 0 Å². The van der Waals surface area contributed by atoms with Gasteiger partial charge in [-0.2, -0.15) is 17.8 Å². The van der Waals surface area contributed by atoms with Crippen LogP contribution in [0.2, 0.25) is 5.02 Å². The molecular formula is C12H15ClN4O2S. The van der Waals surface area contributed by atoms with Crippen LogP contribution in [0.1, 0.15) is 24.3 Å². The van der Waals surface area contributed by atoms with Crippen molar-refractivity contribution < 1.29 is 8.42 Å². The Morgan fingerprint density at radius 3 is 2.70 bits per heavy atom. The fourth-order valence-corrected chi connectivity index (χ4v) is 3.75. The highest BCUT2D eigenvalue weighted by Crippen LogP contribution is 2.34. The van der Waals surface area contributed by atoms with E-state index in [0.717, 1.165) is 29.3 Å². The minimum atomic E-state index is -3.58. The maximum absolute atomic E-state index is 11.3. The lowest BCUT2D eigenvalue weighted by Gasteiger charge is -2.30. The molecule has 1 aromatic carbocycles. The molecule has 2 heterocycles. The Balaban J connectivity index is 1.89. The first kappa shape index (κ1) is 13.8. The third-order valence-electron chi connectivity index (χ3n) is 3.81. The van der Waals surface area contributed by atoms with Gasteiger partial charge in [0.1, 0.15) is 0 Å². The first-order chi connectivity index (χ1) is 9.45. The highest BCUT2D eigenvalue weighted by molar-refractivity contribution is 7.86. The van der Waals surface area contributed by atoms with E-state index in [-0.39, 0.29) is 5.92 Å². The predicted molar refractivity (Wildman–Crippen MR) is 77.8 cm³/mol. The van der Waals surface area contributed by atoms with E-state index in [1.165, 1.54) is 4.31 Å². The number of nitrogens with two attached hydrogens (primary N) is 1. The zero-order valence-electron chi connectivity index (χ0n) is 10.7. The van der Waals surface area contributed by atoms with Gasteiger partial charge in [-0.1, -0.05) is 11.6 Å². The quantitative estimate of drug-likeness (QED) is 0.881. The number of aromatic nitrogens is 2. The van der Waals surface area contributed by atoms with Gasteiger partial charge in [-0.05, 0) is 36.5 Å². The Labute approximate surface area is 122 Å². The van der Waals surface area contributed by atoms with Crippen LogP contribution in [0.15, 0.2) is 18.3 Å². The molecule has 0 saturated carbocycles. The van der Waals surface area contributed by atoms with Crippen molar-refractivity contribution in [3.8, 4) is 0 Å². The number of hydrogen-bond donors (Lipinski definition) is 2. The van der Waals surface area contributed by atoms with Gasteiger partial charge in [0.15, 0.2) is 0 Å². The molecule has 1 saturated heterocycles. The van der Waals surface area contributed by atoms with E-state index < -0.39 is 10.2 Å². The van der Waals surface area contributed by atoms with Crippen LogP contribution in [0, 0.1) is 0 Å². The number of aromatic amines is 1. The van der Waals surface area contributed by atoms with Gasteiger partial charge in [0.25, 0.3) is 10.2 Å². The van der Waals surface area contributed by atoms with Crippen LogP contribution in [0.4, 0.5) is 0 Å². The van der Waals surface area contributed by atoms with Crippen molar-refractivity contribution in [3.05, 3.63) is 28.9 Å². The molecule has 1 aromatic heterocycles. The van der Waals surface area contributed by atoms with E-state index >= 15 is 0 Å². The molecule has 0 radical (unpaired) electrons. The Kier molecular flexibility index (Phi) is 3.45. The molecule has 3 N–H and O–H groups in total. The molecule has 1 fully saturated rings. The van der Waals surface area contributed by atoms with Crippen molar-refractivity contribution in [1.82, 2.24) is 14.5 Å². The van der Waals surface area contributed by atoms with Gasteiger partial charge in [-0.25, -0.2) is 5.14 Å². The number of nitrogens with zero attached hydrogens (tertiary/aromatic N) is 2. The number of nitrogens with one attached hydrogen (secondary N) is 1. The Hall–Kier alpha value is -1.15. The van der Waals surface area contributed by atoms with Crippen LogP contribution in [-0.2, 0) is 10.2 Å². The Morgan fingerprint density at radius 1 is 1.35 bits per heavy atom. The van der Waals surface area contributed by atoms with Crippen molar-refractivity contribution in [1.29, 1.82) is 0 Å². The lowest BCUT2D eigenvalue weighted by atomic mass is 9.88. The lowest BCUT2D eigenvalue weighted by molar-refractivity contribution is 0.320. The van der Waals surface area contributed by atoms with Gasteiger partial charge in [-0.15, -0.1) is 0 Å². The molecule has 1 aliphatic heterocycles. The zero-order valence-corrected chi connectivity index (χ0v) is 12.3. The molecular weight excluding hydrogens is 300 g/mol. The van der Waals surface area contributed by atoms with E-state index in [0.29, 0.717) is 18.1 Å². The summed E-state index contributed by atoms with van der Waals surface area (Å²) in [5, 5.41) is 13.8. The summed E-state index contributed by atoms with van der Waals surface area (Å²) in [4.78, 5) is 0. The summed E-state index contributed by atoms with van der Waals surface area (Å²) < 4.78 is 24.0. The molecule has 0 bridgehead atoms. The number of rotatable bonds is 2. The normalized spacial score (nSPS) is 18.7. The van der Waals surface area contributed by atoms with Crippen molar-refractivity contribution in [3.63, 3.8) is 0 Å². The standard InChI is InChI=1S/C12H15ClN4O2S/c13-9-5-10(11-7-15-16-12(11)6-9)8-1-3-17(4-2-8)20(14,18)19/h5-8H,1-4H2,(H,15,16)(H2,14,18,19). The minimum absolute atomic E-state index is 0.270. The molecule has 2 aromatic rings. The van der Waals surface area contributed by atoms with E-state index in [1.54, 1.807) is 6.20 Å². The number of piperidine rings is 1. The molecule has 8 heteroatoms. The number of H-pyrrole nitrogens is 1. The number of halogens is 1. The maximum Gasteiger partial charge on any atom is 0.276 e. The van der Waals surface area contributed by atoms with Crippen molar-refractivity contribution >= 4 is 32.7 Å². The summed E-state index contributed by atoms with van der Waals surface area (Å²) in [5.74, 6) is 0.270. The van der Waals surface area contributed by atoms with Gasteiger partial charge in [0.2, 0.25) is 0 Å². The van der Waals surface area contributed by atoms with Gasteiger partial charge in [0.05, 0.1) is 11.7 Å². The average molecular weight is 315 g/mol. The fraction of sp³-hybridized carbons (Fsp3) is 0.417. The van der Waals surface area contributed by atoms with Gasteiger partial charge in [-0.3, -0.25) is 5.10 Å². The smallest absolute Gasteiger partial charge is 0.276 e. The first-order valence-corrected chi connectivity index (χ1v) is 8.23. The summed E-state index contributed by atoms with van der Waals surface area (Å²) in [6, 6.07) is 3.78. The highest BCUT2D eigenvalue weighted by atomic mass is 35.5. The van der Waals surface area contributed by atoms with Crippen LogP contribution in [0.5, 0.6) is 0 Å².